The van der Waals surface area contributed by atoms with Crippen LogP contribution in [0.5, 0.6) is 11.5 Å². The third-order valence-corrected chi connectivity index (χ3v) is 9.14. The molecule has 0 spiro atoms. The number of nitrogens with zero attached hydrogens (tertiary/aromatic N) is 3. The van der Waals surface area contributed by atoms with E-state index in [0.717, 1.165) is 61.5 Å². The van der Waals surface area contributed by atoms with Crippen molar-refractivity contribution in [3.05, 3.63) is 70.3 Å². The first-order chi connectivity index (χ1) is 21.8. The quantitative estimate of drug-likeness (QED) is 0.181. The Bertz CT molecular complexity index is 2000. The lowest BCUT2D eigenvalue weighted by molar-refractivity contribution is 0.0949. The van der Waals surface area contributed by atoms with Crippen molar-refractivity contribution in [2.24, 2.45) is 0 Å². The molecule has 45 heavy (non-hydrogen) atoms. The summed E-state index contributed by atoms with van der Waals surface area (Å²) in [5.41, 5.74) is 1.99. The second kappa shape index (κ2) is 11.8. The number of likely N-dealkylation sites (tertiary alicyclic amines) is 1. The Hall–Kier alpha value is -4.41. The minimum atomic E-state index is -0.603. The summed E-state index contributed by atoms with van der Waals surface area (Å²) in [6, 6.07) is 13.1. The maximum atomic E-state index is 15.9. The predicted octanol–water partition coefficient (Wildman–Crippen LogP) is 6.10. The lowest BCUT2D eigenvalue weighted by Gasteiger charge is -2.26. The van der Waals surface area contributed by atoms with Crippen LogP contribution < -0.4 is 20.8 Å². The number of ether oxygens (including phenoxy) is 1. The summed E-state index contributed by atoms with van der Waals surface area (Å²) >= 11 is 0. The number of amides is 1. The molecule has 2 aliphatic rings. The lowest BCUT2D eigenvalue weighted by atomic mass is 10.0. The summed E-state index contributed by atoms with van der Waals surface area (Å²) in [5, 5.41) is 8.04. The maximum absolute atomic E-state index is 15.9. The second-order valence-electron chi connectivity index (χ2n) is 12.5. The Morgan fingerprint density at radius 2 is 1.91 bits per heavy atom. The number of pyridine rings is 1. The Morgan fingerprint density at radius 3 is 2.71 bits per heavy atom. The fraction of sp³-hybridized carbons (Fsp3) is 0.371. The Balaban J connectivity index is 1.32. The molecule has 5 aromatic rings. The summed E-state index contributed by atoms with van der Waals surface area (Å²) in [6.07, 6.45) is 6.37. The van der Waals surface area contributed by atoms with Crippen LogP contribution in [0.15, 0.2) is 57.9 Å². The third-order valence-electron chi connectivity index (χ3n) is 9.14. The van der Waals surface area contributed by atoms with E-state index in [2.05, 4.69) is 27.5 Å². The molecule has 1 amide bonds. The van der Waals surface area contributed by atoms with Crippen molar-refractivity contribution in [2.75, 3.05) is 52.6 Å². The number of hydrogen-bond acceptors (Lipinski definition) is 7. The number of anilines is 1. The first-order valence-electron chi connectivity index (χ1n) is 15.7. The van der Waals surface area contributed by atoms with Gasteiger partial charge in [-0.2, -0.15) is 0 Å². The van der Waals surface area contributed by atoms with Crippen molar-refractivity contribution in [2.45, 2.75) is 38.1 Å². The molecule has 9 nitrogen and oxygen atoms in total. The van der Waals surface area contributed by atoms with Gasteiger partial charge in [0.15, 0.2) is 17.3 Å². The van der Waals surface area contributed by atoms with Crippen molar-refractivity contribution >= 4 is 44.4 Å². The van der Waals surface area contributed by atoms with Crippen molar-refractivity contribution in [1.82, 2.24) is 19.7 Å². The monoisotopic (exact) mass is 611 g/mol. The molecule has 1 fully saturated rings. The van der Waals surface area contributed by atoms with Crippen LogP contribution in [-0.2, 0) is 0 Å². The Morgan fingerprint density at radius 1 is 1.07 bits per heavy atom. The van der Waals surface area contributed by atoms with E-state index in [1.54, 1.807) is 10.8 Å². The van der Waals surface area contributed by atoms with Crippen molar-refractivity contribution in [3.8, 4) is 17.2 Å². The Kier molecular flexibility index (Phi) is 7.71. The number of halogens is 1. The number of carbonyl (C=O) groups excluding carboxylic acids is 1. The van der Waals surface area contributed by atoms with Crippen molar-refractivity contribution in [1.29, 1.82) is 0 Å². The normalized spacial score (nSPS) is 16.1. The van der Waals surface area contributed by atoms with Crippen LogP contribution in [0.4, 0.5) is 10.1 Å². The van der Waals surface area contributed by atoms with Crippen molar-refractivity contribution in [3.63, 3.8) is 0 Å². The van der Waals surface area contributed by atoms with Crippen LogP contribution in [0.2, 0.25) is 0 Å². The van der Waals surface area contributed by atoms with Gasteiger partial charge in [0.25, 0.3) is 5.91 Å². The Labute approximate surface area is 260 Å². The van der Waals surface area contributed by atoms with Gasteiger partial charge in [-0.25, -0.2) is 4.39 Å². The molecular formula is C35H38FN5O4. The maximum Gasteiger partial charge on any atom is 0.256 e. The molecule has 3 aromatic carbocycles. The number of unbranched alkanes of at least 4 members (excludes halogenated alkanes) is 1. The average molecular weight is 612 g/mol. The summed E-state index contributed by atoms with van der Waals surface area (Å²) in [6.45, 7) is 2.95. The van der Waals surface area contributed by atoms with Crippen LogP contribution >= 0.6 is 0 Å². The van der Waals surface area contributed by atoms with Gasteiger partial charge in [0.05, 0.1) is 11.1 Å². The average Bonchev–Trinajstić information content (AvgIpc) is 3.60. The van der Waals surface area contributed by atoms with Crippen LogP contribution in [-0.4, -0.2) is 73.6 Å². The minimum Gasteiger partial charge on any atom is -0.456 e. The zero-order valence-electron chi connectivity index (χ0n) is 25.9. The zero-order valence-corrected chi connectivity index (χ0v) is 25.9. The number of nitrogens with one attached hydrogen (secondary N) is 2. The SMILES string of the molecule is CN(C)CCCCNc1c(F)cc2c(=O)c(C(=O)NCCC3CCCN3C)cn3c2c1Oc1cc2c(cc1-3)oc1ccccc12. The molecule has 2 aliphatic heterocycles. The first-order valence-corrected chi connectivity index (χ1v) is 15.7. The highest BCUT2D eigenvalue weighted by Gasteiger charge is 2.30. The number of furan rings is 1. The molecule has 0 aliphatic carbocycles. The van der Waals surface area contributed by atoms with Gasteiger partial charge < -0.3 is 34.2 Å². The number of carbonyl (C=O) groups is 1. The highest BCUT2D eigenvalue weighted by molar-refractivity contribution is 6.07. The summed E-state index contributed by atoms with van der Waals surface area (Å²) in [5.74, 6) is -0.378. The van der Waals surface area contributed by atoms with Gasteiger partial charge in [-0.15, -0.1) is 0 Å². The van der Waals surface area contributed by atoms with Gasteiger partial charge >= 0.3 is 0 Å². The van der Waals surface area contributed by atoms with Crippen LogP contribution in [0.3, 0.4) is 0 Å². The van der Waals surface area contributed by atoms with Gasteiger partial charge in [-0.1, -0.05) is 18.2 Å². The molecule has 234 valence electrons. The second-order valence-corrected chi connectivity index (χ2v) is 12.5. The summed E-state index contributed by atoms with van der Waals surface area (Å²) in [7, 11) is 6.14. The molecule has 1 unspecified atom stereocenters. The number of para-hydroxylation sites is 1. The number of hydrogen-bond donors (Lipinski definition) is 2. The van der Waals surface area contributed by atoms with Crippen LogP contribution in [0.1, 0.15) is 42.5 Å². The molecule has 10 heteroatoms. The number of rotatable bonds is 10. The highest BCUT2D eigenvalue weighted by atomic mass is 19.1. The van der Waals surface area contributed by atoms with E-state index in [1.165, 1.54) is 6.07 Å². The van der Waals surface area contributed by atoms with E-state index in [1.807, 2.05) is 50.5 Å². The van der Waals surface area contributed by atoms with Crippen LogP contribution in [0, 0.1) is 5.82 Å². The molecule has 2 aromatic heterocycles. The first kappa shape index (κ1) is 29.3. The van der Waals surface area contributed by atoms with E-state index < -0.39 is 17.2 Å². The molecule has 1 saturated heterocycles. The predicted molar refractivity (Wildman–Crippen MR) is 176 cm³/mol. The fourth-order valence-corrected chi connectivity index (χ4v) is 6.72. The van der Waals surface area contributed by atoms with Gasteiger partial charge in [0.2, 0.25) is 5.43 Å². The smallest absolute Gasteiger partial charge is 0.256 e. The van der Waals surface area contributed by atoms with Crippen molar-refractivity contribution < 1.29 is 18.3 Å². The van der Waals surface area contributed by atoms with Gasteiger partial charge in [0.1, 0.15) is 27.9 Å². The molecule has 7 rings (SSSR count). The summed E-state index contributed by atoms with van der Waals surface area (Å²) in [4.78, 5) is 31.7. The van der Waals surface area contributed by atoms with E-state index in [4.69, 9.17) is 9.15 Å². The largest absolute Gasteiger partial charge is 0.456 e. The molecule has 0 saturated carbocycles. The van der Waals surface area contributed by atoms with Gasteiger partial charge in [-0.3, -0.25) is 9.59 Å². The zero-order chi connectivity index (χ0) is 31.2. The summed E-state index contributed by atoms with van der Waals surface area (Å²) < 4.78 is 30.2. The van der Waals surface area contributed by atoms with Crippen LogP contribution in [0.25, 0.3) is 38.5 Å². The standard InChI is InChI=1S/C35H38FN5O4/c1-39(2)15-7-6-13-37-31-26(36)17-24-32-34(31)45-30-18-23-22-10-4-5-11-28(22)44-29(23)19-27(30)41(32)20-25(33(24)42)35(43)38-14-12-21-9-8-16-40(21)3/h4-5,10-11,17-21,37H,6-9,12-16H2,1-3H3,(H,38,43). The van der Waals surface area contributed by atoms with E-state index in [-0.39, 0.29) is 22.4 Å². The fourth-order valence-electron chi connectivity index (χ4n) is 6.72. The van der Waals surface area contributed by atoms with E-state index in [0.29, 0.717) is 41.7 Å². The molecule has 1 atom stereocenters. The molecule has 0 radical (unpaired) electrons. The highest BCUT2D eigenvalue weighted by Crippen LogP contribution is 2.47. The lowest BCUT2D eigenvalue weighted by Crippen LogP contribution is -2.34. The molecule has 2 N–H and O–H groups in total. The minimum absolute atomic E-state index is 0.0467. The van der Waals surface area contributed by atoms with Gasteiger partial charge in [0, 0.05) is 42.2 Å². The number of benzene rings is 3. The molecule has 4 heterocycles. The van der Waals surface area contributed by atoms with E-state index >= 15 is 4.39 Å². The molecular weight excluding hydrogens is 573 g/mol. The number of aromatic nitrogens is 1. The molecule has 0 bridgehead atoms. The topological polar surface area (TPSA) is 92.0 Å². The number of fused-ring (bicyclic) bond motifs is 5. The third kappa shape index (κ3) is 5.32. The van der Waals surface area contributed by atoms with E-state index in [9.17, 15) is 9.59 Å². The van der Waals surface area contributed by atoms with Gasteiger partial charge in [-0.05, 0) is 84.5 Å².